The maximum absolute atomic E-state index is 12.1. The zero-order chi connectivity index (χ0) is 17.5. The molecule has 0 spiro atoms. The molecule has 2 aromatic rings. The fourth-order valence-corrected chi connectivity index (χ4v) is 2.91. The third-order valence-corrected chi connectivity index (χ3v) is 4.72. The summed E-state index contributed by atoms with van der Waals surface area (Å²) in [6, 6.07) is 14.5. The molecule has 24 heavy (non-hydrogen) atoms. The summed E-state index contributed by atoms with van der Waals surface area (Å²) < 4.78 is 0. The third kappa shape index (κ3) is 5.58. The van der Waals surface area contributed by atoms with Crippen LogP contribution in [0, 0.1) is 6.92 Å². The molecule has 0 bridgehead atoms. The van der Waals surface area contributed by atoms with Crippen LogP contribution in [0.5, 0.6) is 0 Å². The van der Waals surface area contributed by atoms with Gasteiger partial charge in [-0.15, -0.1) is 11.8 Å². The summed E-state index contributed by atoms with van der Waals surface area (Å²) in [5, 5.41) is 5.96. The first kappa shape index (κ1) is 18.4. The molecular weight excluding hydrogens is 344 g/mol. The van der Waals surface area contributed by atoms with E-state index >= 15 is 0 Å². The lowest BCUT2D eigenvalue weighted by atomic mass is 10.2. The highest BCUT2D eigenvalue weighted by molar-refractivity contribution is 8.01. The lowest BCUT2D eigenvalue weighted by Gasteiger charge is -2.13. The summed E-state index contributed by atoms with van der Waals surface area (Å²) in [5.74, 6) is -0.0720. The van der Waals surface area contributed by atoms with Crippen molar-refractivity contribution in [2.45, 2.75) is 19.1 Å². The van der Waals surface area contributed by atoms with Crippen molar-refractivity contribution in [2.75, 3.05) is 16.4 Å². The number of amides is 2. The SMILES string of the molecule is Cc1cc(Cl)ccc1NC(=O)CSC(C)C(=O)Nc1ccccc1. The van der Waals surface area contributed by atoms with Crippen molar-refractivity contribution < 1.29 is 9.59 Å². The molecular formula is C18H19ClN2O2S. The van der Waals surface area contributed by atoms with E-state index in [1.165, 1.54) is 11.8 Å². The number of thioether (sulfide) groups is 1. The first-order valence-corrected chi connectivity index (χ1v) is 8.92. The highest BCUT2D eigenvalue weighted by Gasteiger charge is 2.15. The number of hydrogen-bond donors (Lipinski definition) is 2. The number of para-hydroxylation sites is 1. The van der Waals surface area contributed by atoms with Gasteiger partial charge in [0.25, 0.3) is 0 Å². The standard InChI is InChI=1S/C18H19ClN2O2S/c1-12-10-14(19)8-9-16(12)21-17(22)11-24-13(2)18(23)20-15-6-4-3-5-7-15/h3-10,13H,11H2,1-2H3,(H,20,23)(H,21,22). The molecule has 1 unspecified atom stereocenters. The topological polar surface area (TPSA) is 58.2 Å². The van der Waals surface area contributed by atoms with E-state index in [9.17, 15) is 9.59 Å². The van der Waals surface area contributed by atoms with Crippen molar-refractivity contribution in [3.8, 4) is 0 Å². The van der Waals surface area contributed by atoms with Crippen LogP contribution in [0.2, 0.25) is 5.02 Å². The molecule has 6 heteroatoms. The van der Waals surface area contributed by atoms with Gasteiger partial charge in [0.2, 0.25) is 11.8 Å². The minimum absolute atomic E-state index is 0.123. The van der Waals surface area contributed by atoms with Crippen molar-refractivity contribution in [1.82, 2.24) is 0 Å². The highest BCUT2D eigenvalue weighted by atomic mass is 35.5. The molecule has 0 aromatic heterocycles. The van der Waals surface area contributed by atoms with Crippen LogP contribution in [0.4, 0.5) is 11.4 Å². The molecule has 0 saturated carbocycles. The molecule has 2 amide bonds. The summed E-state index contributed by atoms with van der Waals surface area (Å²) in [6.07, 6.45) is 0. The number of hydrogen-bond acceptors (Lipinski definition) is 3. The van der Waals surface area contributed by atoms with Crippen LogP contribution in [-0.4, -0.2) is 22.8 Å². The van der Waals surface area contributed by atoms with Gasteiger partial charge in [-0.3, -0.25) is 9.59 Å². The van der Waals surface area contributed by atoms with Crippen LogP contribution in [0.15, 0.2) is 48.5 Å². The van der Waals surface area contributed by atoms with E-state index in [2.05, 4.69) is 10.6 Å². The van der Waals surface area contributed by atoms with Crippen molar-refractivity contribution in [2.24, 2.45) is 0 Å². The molecule has 0 aliphatic rings. The Bertz CT molecular complexity index is 722. The molecule has 2 aromatic carbocycles. The number of rotatable bonds is 6. The van der Waals surface area contributed by atoms with Crippen LogP contribution in [0.1, 0.15) is 12.5 Å². The first-order valence-electron chi connectivity index (χ1n) is 7.49. The normalized spacial score (nSPS) is 11.6. The van der Waals surface area contributed by atoms with Crippen LogP contribution < -0.4 is 10.6 Å². The van der Waals surface area contributed by atoms with E-state index in [0.717, 1.165) is 16.9 Å². The van der Waals surface area contributed by atoms with E-state index in [-0.39, 0.29) is 22.8 Å². The monoisotopic (exact) mass is 362 g/mol. The number of nitrogens with one attached hydrogen (secondary N) is 2. The molecule has 2 rings (SSSR count). The molecule has 126 valence electrons. The van der Waals surface area contributed by atoms with Crippen LogP contribution >= 0.6 is 23.4 Å². The molecule has 0 saturated heterocycles. The Balaban J connectivity index is 1.81. The van der Waals surface area contributed by atoms with Gasteiger partial charge in [-0.2, -0.15) is 0 Å². The van der Waals surface area contributed by atoms with Gasteiger partial charge in [0, 0.05) is 16.4 Å². The minimum atomic E-state index is -0.331. The van der Waals surface area contributed by atoms with Crippen molar-refractivity contribution in [3.63, 3.8) is 0 Å². The number of aryl methyl sites for hydroxylation is 1. The average Bonchev–Trinajstić information content (AvgIpc) is 2.56. The number of anilines is 2. The lowest BCUT2D eigenvalue weighted by Crippen LogP contribution is -2.25. The maximum atomic E-state index is 12.1. The average molecular weight is 363 g/mol. The molecule has 0 aliphatic carbocycles. The van der Waals surface area contributed by atoms with E-state index in [1.807, 2.05) is 37.3 Å². The van der Waals surface area contributed by atoms with Gasteiger partial charge >= 0.3 is 0 Å². The zero-order valence-corrected chi connectivity index (χ0v) is 15.1. The fourth-order valence-electron chi connectivity index (χ4n) is 2.00. The minimum Gasteiger partial charge on any atom is -0.325 e. The van der Waals surface area contributed by atoms with Crippen LogP contribution in [0.25, 0.3) is 0 Å². The fraction of sp³-hybridized carbons (Fsp3) is 0.222. The Morgan fingerprint density at radius 2 is 1.83 bits per heavy atom. The first-order chi connectivity index (χ1) is 11.5. The maximum Gasteiger partial charge on any atom is 0.237 e. The van der Waals surface area contributed by atoms with Crippen molar-refractivity contribution in [1.29, 1.82) is 0 Å². The van der Waals surface area contributed by atoms with Crippen LogP contribution in [-0.2, 0) is 9.59 Å². The van der Waals surface area contributed by atoms with Gasteiger partial charge in [-0.05, 0) is 49.7 Å². The number of carbonyl (C=O) groups excluding carboxylic acids is 2. The molecule has 0 fully saturated rings. The summed E-state index contributed by atoms with van der Waals surface area (Å²) in [4.78, 5) is 24.1. The number of benzene rings is 2. The quantitative estimate of drug-likeness (QED) is 0.803. The smallest absolute Gasteiger partial charge is 0.237 e. The predicted octanol–water partition coefficient (Wildman–Crippen LogP) is 4.35. The second-order valence-electron chi connectivity index (χ2n) is 5.32. The number of halogens is 1. The molecule has 0 radical (unpaired) electrons. The summed E-state index contributed by atoms with van der Waals surface area (Å²) in [6.45, 7) is 3.66. The molecule has 0 aliphatic heterocycles. The largest absolute Gasteiger partial charge is 0.325 e. The molecule has 0 heterocycles. The highest BCUT2D eigenvalue weighted by Crippen LogP contribution is 2.20. The van der Waals surface area contributed by atoms with Crippen molar-refractivity contribution in [3.05, 3.63) is 59.1 Å². The lowest BCUT2D eigenvalue weighted by molar-refractivity contribution is -0.115. The zero-order valence-electron chi connectivity index (χ0n) is 13.5. The molecule has 2 N–H and O–H groups in total. The Kier molecular flexibility index (Phi) is 6.70. The van der Waals surface area contributed by atoms with Crippen molar-refractivity contribution >= 4 is 46.6 Å². The van der Waals surface area contributed by atoms with E-state index < -0.39 is 0 Å². The van der Waals surface area contributed by atoms with Gasteiger partial charge in [-0.25, -0.2) is 0 Å². The Morgan fingerprint density at radius 3 is 2.50 bits per heavy atom. The Labute approximate surface area is 151 Å². The van der Waals surface area contributed by atoms with E-state index in [4.69, 9.17) is 11.6 Å². The summed E-state index contributed by atoms with van der Waals surface area (Å²) in [5.41, 5.74) is 2.37. The van der Waals surface area contributed by atoms with Gasteiger partial charge in [0.15, 0.2) is 0 Å². The van der Waals surface area contributed by atoms with E-state index in [1.54, 1.807) is 25.1 Å². The Morgan fingerprint density at radius 1 is 1.12 bits per heavy atom. The number of carbonyl (C=O) groups is 2. The Hall–Kier alpha value is -1.98. The van der Waals surface area contributed by atoms with Gasteiger partial charge in [0.1, 0.15) is 0 Å². The predicted molar refractivity (Wildman–Crippen MR) is 102 cm³/mol. The molecule has 4 nitrogen and oxygen atoms in total. The summed E-state index contributed by atoms with van der Waals surface area (Å²) >= 11 is 7.19. The second kappa shape index (κ2) is 8.76. The van der Waals surface area contributed by atoms with Gasteiger partial charge < -0.3 is 10.6 Å². The van der Waals surface area contributed by atoms with Crippen LogP contribution in [0.3, 0.4) is 0 Å². The van der Waals surface area contributed by atoms with Gasteiger partial charge in [-0.1, -0.05) is 29.8 Å². The summed E-state index contributed by atoms with van der Waals surface area (Å²) in [7, 11) is 0. The van der Waals surface area contributed by atoms with E-state index in [0.29, 0.717) is 5.02 Å². The van der Waals surface area contributed by atoms with Gasteiger partial charge in [0.05, 0.1) is 11.0 Å². The third-order valence-electron chi connectivity index (χ3n) is 3.34. The molecule has 1 atom stereocenters. The second-order valence-corrected chi connectivity index (χ2v) is 7.08.